The fourth-order valence-corrected chi connectivity index (χ4v) is 1.08. The van der Waals surface area contributed by atoms with E-state index in [1.807, 2.05) is 0 Å². The number of hydrogen-bond acceptors (Lipinski definition) is 2. The molecule has 1 aromatic rings. The number of nitrogen functional groups attached to an aromatic ring is 1. The summed E-state index contributed by atoms with van der Waals surface area (Å²) in [4.78, 5) is 3.87. The molecule has 0 radical (unpaired) electrons. The number of hydrogen-bond donors (Lipinski definition) is 1. The molecule has 0 atom stereocenters. The number of anilines is 1. The van der Waals surface area contributed by atoms with Crippen LogP contribution in [-0.2, 0) is 0 Å². The minimum atomic E-state index is 0.335. The Balaban J connectivity index is 2.95. The lowest BCUT2D eigenvalue weighted by Crippen LogP contribution is -1.92. The molecule has 0 fully saturated rings. The molecule has 2 nitrogen and oxygen atoms in total. The number of alkyl halides is 1. The highest BCUT2D eigenvalue weighted by atomic mass is 35.5. The van der Waals surface area contributed by atoms with Crippen LogP contribution in [0.1, 0.15) is 12.0 Å². The number of nitrogens with zero attached hydrogens (tertiary/aromatic N) is 1. The van der Waals surface area contributed by atoms with Crippen LogP contribution in [0.4, 0.5) is 5.69 Å². The third kappa shape index (κ3) is 2.80. The van der Waals surface area contributed by atoms with Gasteiger partial charge in [-0.15, -0.1) is 11.6 Å². The fourth-order valence-electron chi connectivity index (χ4n) is 0.772. The van der Waals surface area contributed by atoms with Crippen molar-refractivity contribution in [3.05, 3.63) is 23.0 Å². The maximum absolute atomic E-state index is 5.78. The van der Waals surface area contributed by atoms with Crippen molar-refractivity contribution >= 4 is 28.9 Å². The zero-order valence-electron chi connectivity index (χ0n) is 6.85. The van der Waals surface area contributed by atoms with Gasteiger partial charge in [-0.1, -0.05) is 23.4 Å². The lowest BCUT2D eigenvalue weighted by Gasteiger charge is -1.97. The Hall–Kier alpha value is -0.910. The number of pyridine rings is 1. The quantitative estimate of drug-likeness (QED) is 0.443. The smallest absolute Gasteiger partial charge is 0.146 e. The number of halogens is 2. The second-order valence-corrected chi connectivity index (χ2v) is 3.04. The normalized spacial score (nSPS) is 9.08. The highest BCUT2D eigenvalue weighted by Gasteiger charge is 2.00. The molecule has 0 bridgehead atoms. The monoisotopic (exact) mass is 214 g/mol. The summed E-state index contributed by atoms with van der Waals surface area (Å²) in [5.41, 5.74) is 6.77. The highest BCUT2D eigenvalue weighted by molar-refractivity contribution is 6.30. The van der Waals surface area contributed by atoms with Crippen LogP contribution in [0.3, 0.4) is 0 Å². The van der Waals surface area contributed by atoms with E-state index in [0.717, 1.165) is 0 Å². The Morgan fingerprint density at radius 2 is 2.31 bits per heavy atom. The summed E-state index contributed by atoms with van der Waals surface area (Å²) < 4.78 is 0. The first kappa shape index (κ1) is 10.2. The molecular formula is C9H8Cl2N2. The SMILES string of the molecule is Nc1ccnc(Cl)c1C#CCCCl. The van der Waals surface area contributed by atoms with Gasteiger partial charge >= 0.3 is 0 Å². The minimum absolute atomic E-state index is 0.335. The second-order valence-electron chi connectivity index (χ2n) is 2.31. The van der Waals surface area contributed by atoms with Gasteiger partial charge < -0.3 is 5.73 Å². The van der Waals surface area contributed by atoms with Crippen LogP contribution in [-0.4, -0.2) is 10.9 Å². The van der Waals surface area contributed by atoms with Gasteiger partial charge in [-0.2, -0.15) is 0 Å². The molecule has 4 heteroatoms. The largest absolute Gasteiger partial charge is 0.398 e. The van der Waals surface area contributed by atoms with Crippen molar-refractivity contribution in [2.45, 2.75) is 6.42 Å². The van der Waals surface area contributed by atoms with Crippen molar-refractivity contribution in [2.24, 2.45) is 0 Å². The first-order valence-corrected chi connectivity index (χ1v) is 4.61. The minimum Gasteiger partial charge on any atom is -0.398 e. The molecule has 1 aromatic heterocycles. The molecule has 13 heavy (non-hydrogen) atoms. The van der Waals surface area contributed by atoms with Crippen LogP contribution < -0.4 is 5.73 Å². The topological polar surface area (TPSA) is 38.9 Å². The molecule has 1 heterocycles. The van der Waals surface area contributed by atoms with Crippen molar-refractivity contribution in [3.8, 4) is 11.8 Å². The fraction of sp³-hybridized carbons (Fsp3) is 0.222. The molecular weight excluding hydrogens is 207 g/mol. The molecule has 2 N–H and O–H groups in total. The Morgan fingerprint density at radius 3 is 2.92 bits per heavy atom. The zero-order valence-corrected chi connectivity index (χ0v) is 8.36. The molecule has 68 valence electrons. The van der Waals surface area contributed by atoms with Gasteiger partial charge in [0.05, 0.1) is 11.3 Å². The molecule has 0 unspecified atom stereocenters. The average molecular weight is 215 g/mol. The van der Waals surface area contributed by atoms with E-state index < -0.39 is 0 Å². The van der Waals surface area contributed by atoms with Gasteiger partial charge in [-0.3, -0.25) is 0 Å². The van der Waals surface area contributed by atoms with Crippen LogP contribution in [0.2, 0.25) is 5.15 Å². The van der Waals surface area contributed by atoms with Crippen LogP contribution in [0.15, 0.2) is 12.3 Å². The van der Waals surface area contributed by atoms with Crippen molar-refractivity contribution in [1.29, 1.82) is 0 Å². The highest BCUT2D eigenvalue weighted by Crippen LogP contribution is 2.17. The summed E-state index contributed by atoms with van der Waals surface area (Å²) in [5, 5.41) is 0.335. The van der Waals surface area contributed by atoms with E-state index in [0.29, 0.717) is 28.7 Å². The number of nitrogens with two attached hydrogens (primary N) is 1. The van der Waals surface area contributed by atoms with Crippen LogP contribution in [0, 0.1) is 11.8 Å². The maximum atomic E-state index is 5.78. The van der Waals surface area contributed by atoms with E-state index in [-0.39, 0.29) is 0 Å². The van der Waals surface area contributed by atoms with Gasteiger partial charge in [0, 0.05) is 18.5 Å². The van der Waals surface area contributed by atoms with Crippen LogP contribution in [0.25, 0.3) is 0 Å². The van der Waals surface area contributed by atoms with Gasteiger partial charge in [0.2, 0.25) is 0 Å². The molecule has 0 aliphatic rings. The van der Waals surface area contributed by atoms with Crippen molar-refractivity contribution in [3.63, 3.8) is 0 Å². The standard InChI is InChI=1S/C9H8Cl2N2/c10-5-2-1-3-7-8(12)4-6-13-9(7)11/h4,6H,2,5H2,(H2,12,13). The molecule has 0 aromatic carbocycles. The Labute approximate surface area is 87.1 Å². The van der Waals surface area contributed by atoms with Gasteiger partial charge in [0.1, 0.15) is 5.15 Å². The van der Waals surface area contributed by atoms with Crippen LogP contribution in [0.5, 0.6) is 0 Å². The summed E-state index contributed by atoms with van der Waals surface area (Å²) in [6.07, 6.45) is 2.16. The van der Waals surface area contributed by atoms with Crippen molar-refractivity contribution in [1.82, 2.24) is 4.98 Å². The van der Waals surface area contributed by atoms with Gasteiger partial charge in [-0.05, 0) is 6.07 Å². The number of aromatic nitrogens is 1. The van der Waals surface area contributed by atoms with Crippen LogP contribution >= 0.6 is 23.2 Å². The maximum Gasteiger partial charge on any atom is 0.146 e. The molecule has 0 amide bonds. The molecule has 0 aliphatic heterocycles. The van der Waals surface area contributed by atoms with Gasteiger partial charge in [0.15, 0.2) is 0 Å². The van der Waals surface area contributed by atoms with Crippen molar-refractivity contribution < 1.29 is 0 Å². The zero-order chi connectivity index (χ0) is 9.68. The summed E-state index contributed by atoms with van der Waals surface area (Å²) in [6, 6.07) is 1.66. The number of rotatable bonds is 1. The van der Waals surface area contributed by atoms with Crippen molar-refractivity contribution in [2.75, 3.05) is 11.6 Å². The van der Waals surface area contributed by atoms with E-state index in [1.54, 1.807) is 12.3 Å². The van der Waals surface area contributed by atoms with E-state index in [4.69, 9.17) is 28.9 Å². The van der Waals surface area contributed by atoms with Gasteiger partial charge in [0.25, 0.3) is 0 Å². The Morgan fingerprint density at radius 1 is 1.54 bits per heavy atom. The molecule has 1 rings (SSSR count). The lowest BCUT2D eigenvalue weighted by molar-refractivity contribution is 1.28. The summed E-state index contributed by atoms with van der Waals surface area (Å²) in [7, 11) is 0. The first-order valence-electron chi connectivity index (χ1n) is 3.70. The molecule has 0 saturated heterocycles. The van der Waals surface area contributed by atoms with E-state index in [1.165, 1.54) is 0 Å². The third-order valence-electron chi connectivity index (χ3n) is 1.37. The molecule has 0 spiro atoms. The Bertz CT molecular complexity index is 332. The predicted octanol–water partition coefficient (Wildman–Crippen LogP) is 2.30. The summed E-state index contributed by atoms with van der Waals surface area (Å²) >= 11 is 11.2. The molecule has 0 saturated carbocycles. The third-order valence-corrected chi connectivity index (χ3v) is 1.85. The van der Waals surface area contributed by atoms with E-state index in [9.17, 15) is 0 Å². The van der Waals surface area contributed by atoms with Gasteiger partial charge in [-0.25, -0.2) is 4.98 Å². The molecule has 0 aliphatic carbocycles. The lowest BCUT2D eigenvalue weighted by atomic mass is 10.2. The average Bonchev–Trinajstić information content (AvgIpc) is 2.10. The first-order chi connectivity index (χ1) is 6.25. The van der Waals surface area contributed by atoms with E-state index >= 15 is 0 Å². The second kappa shape index (κ2) is 4.96. The van der Waals surface area contributed by atoms with E-state index in [2.05, 4.69) is 16.8 Å². The predicted molar refractivity (Wildman–Crippen MR) is 55.9 cm³/mol. The Kier molecular flexibility index (Phi) is 3.88. The summed E-state index contributed by atoms with van der Waals surface area (Å²) in [6.45, 7) is 0. The summed E-state index contributed by atoms with van der Waals surface area (Å²) in [5.74, 6) is 6.18.